The lowest BCUT2D eigenvalue weighted by atomic mass is 9.93. The second-order valence-electron chi connectivity index (χ2n) is 2.93. The van der Waals surface area contributed by atoms with Gasteiger partial charge < -0.3 is 9.84 Å². The van der Waals surface area contributed by atoms with E-state index in [9.17, 15) is 5.11 Å². The molecule has 1 N–H and O–H groups in total. The molecule has 0 unspecified atom stereocenters. The van der Waals surface area contributed by atoms with Crippen molar-refractivity contribution in [1.82, 2.24) is 0 Å². The molecule has 0 amide bonds. The van der Waals surface area contributed by atoms with Crippen LogP contribution in [0.15, 0.2) is 0 Å². The van der Waals surface area contributed by atoms with Crippen molar-refractivity contribution < 1.29 is 9.84 Å². The first-order chi connectivity index (χ1) is 4.84. The van der Waals surface area contributed by atoms with Gasteiger partial charge in [-0.2, -0.15) is 0 Å². The Morgan fingerprint density at radius 1 is 1.50 bits per heavy atom. The molecule has 0 aromatic heterocycles. The third kappa shape index (κ3) is 1.96. The minimum absolute atomic E-state index is 0.0936. The summed E-state index contributed by atoms with van der Waals surface area (Å²) in [7, 11) is 0. The molecule has 0 aromatic carbocycles. The molecular weight excluding hydrogens is 128 g/mol. The molecule has 1 atom stereocenters. The van der Waals surface area contributed by atoms with E-state index in [1.165, 1.54) is 0 Å². The second-order valence-corrected chi connectivity index (χ2v) is 2.93. The lowest BCUT2D eigenvalue weighted by Crippen LogP contribution is -2.26. The van der Waals surface area contributed by atoms with Gasteiger partial charge in [-0.25, -0.2) is 0 Å². The van der Waals surface area contributed by atoms with Crippen molar-refractivity contribution in [1.29, 1.82) is 0 Å². The first kappa shape index (κ1) is 8.02. The van der Waals surface area contributed by atoms with Crippen LogP contribution >= 0.6 is 0 Å². The van der Waals surface area contributed by atoms with Crippen LogP contribution in [0.5, 0.6) is 0 Å². The molecule has 0 aromatic rings. The van der Waals surface area contributed by atoms with Gasteiger partial charge in [-0.3, -0.25) is 0 Å². The third-order valence-electron chi connectivity index (χ3n) is 2.23. The van der Waals surface area contributed by atoms with Crippen LogP contribution in [-0.4, -0.2) is 24.4 Å². The number of hydrogen-bond donors (Lipinski definition) is 1. The zero-order valence-electron chi connectivity index (χ0n) is 6.55. The van der Waals surface area contributed by atoms with Crippen molar-refractivity contribution in [2.75, 3.05) is 13.2 Å². The molecule has 0 aliphatic carbocycles. The van der Waals surface area contributed by atoms with Crippen molar-refractivity contribution in [3.05, 3.63) is 0 Å². The van der Waals surface area contributed by atoms with E-state index in [-0.39, 0.29) is 6.10 Å². The van der Waals surface area contributed by atoms with E-state index in [1.54, 1.807) is 0 Å². The molecule has 2 heteroatoms. The molecule has 2 nitrogen and oxygen atoms in total. The summed E-state index contributed by atoms with van der Waals surface area (Å²) in [5, 5.41) is 9.43. The van der Waals surface area contributed by atoms with Gasteiger partial charge in [0.15, 0.2) is 0 Å². The highest BCUT2D eigenvalue weighted by atomic mass is 16.5. The lowest BCUT2D eigenvalue weighted by Gasteiger charge is -2.25. The Hall–Kier alpha value is -0.0800. The number of aliphatic hydroxyl groups excluding tert-OH is 1. The van der Waals surface area contributed by atoms with Crippen LogP contribution in [0.1, 0.15) is 26.2 Å². The van der Waals surface area contributed by atoms with Crippen LogP contribution in [-0.2, 0) is 4.74 Å². The van der Waals surface area contributed by atoms with Crippen molar-refractivity contribution >= 4 is 0 Å². The average Bonchev–Trinajstić information content (AvgIpc) is 2.05. The Morgan fingerprint density at radius 3 is 2.60 bits per heavy atom. The monoisotopic (exact) mass is 144 g/mol. The Balaban J connectivity index is 2.24. The van der Waals surface area contributed by atoms with Crippen LogP contribution in [0.3, 0.4) is 0 Å². The largest absolute Gasteiger partial charge is 0.393 e. The molecule has 60 valence electrons. The summed E-state index contributed by atoms with van der Waals surface area (Å²) < 4.78 is 5.18. The zero-order chi connectivity index (χ0) is 7.40. The van der Waals surface area contributed by atoms with Crippen molar-refractivity contribution in [3.8, 4) is 0 Å². The molecule has 1 rings (SSSR count). The standard InChI is InChI=1S/C8H16O2/c1-2-8(9)7-3-5-10-6-4-7/h7-9H,2-6H2,1H3/t8-/m1/s1. The maximum absolute atomic E-state index is 9.43. The maximum atomic E-state index is 9.43. The molecule has 1 aliphatic rings. The number of ether oxygens (including phenoxy) is 1. The Labute approximate surface area is 62.2 Å². The summed E-state index contributed by atoms with van der Waals surface area (Å²) >= 11 is 0. The first-order valence-corrected chi connectivity index (χ1v) is 4.10. The van der Waals surface area contributed by atoms with Crippen LogP contribution in [0.2, 0.25) is 0 Å². The van der Waals surface area contributed by atoms with E-state index in [0.29, 0.717) is 5.92 Å². The van der Waals surface area contributed by atoms with E-state index in [2.05, 4.69) is 0 Å². The van der Waals surface area contributed by atoms with Crippen molar-refractivity contribution in [2.24, 2.45) is 5.92 Å². The molecule has 0 saturated carbocycles. The smallest absolute Gasteiger partial charge is 0.0567 e. The van der Waals surface area contributed by atoms with Gasteiger partial charge in [0, 0.05) is 13.2 Å². The molecule has 1 heterocycles. The van der Waals surface area contributed by atoms with Crippen LogP contribution in [0.4, 0.5) is 0 Å². The van der Waals surface area contributed by atoms with Gasteiger partial charge in [-0.05, 0) is 25.2 Å². The molecule has 0 radical (unpaired) electrons. The van der Waals surface area contributed by atoms with Crippen LogP contribution in [0, 0.1) is 5.92 Å². The first-order valence-electron chi connectivity index (χ1n) is 4.10. The summed E-state index contributed by atoms with van der Waals surface area (Å²) in [4.78, 5) is 0. The average molecular weight is 144 g/mol. The molecule has 1 saturated heterocycles. The minimum Gasteiger partial charge on any atom is -0.393 e. The Bertz CT molecular complexity index is 87.3. The SMILES string of the molecule is CC[C@@H](O)C1CCOCC1. The summed E-state index contributed by atoms with van der Waals surface area (Å²) in [6.45, 7) is 3.70. The van der Waals surface area contributed by atoms with E-state index >= 15 is 0 Å². The fourth-order valence-electron chi connectivity index (χ4n) is 1.43. The quantitative estimate of drug-likeness (QED) is 0.630. The van der Waals surface area contributed by atoms with Gasteiger partial charge in [0.05, 0.1) is 6.10 Å². The normalized spacial score (nSPS) is 24.6. The van der Waals surface area contributed by atoms with Gasteiger partial charge >= 0.3 is 0 Å². The predicted octanol–water partition coefficient (Wildman–Crippen LogP) is 1.18. The molecule has 0 spiro atoms. The number of rotatable bonds is 2. The van der Waals surface area contributed by atoms with Gasteiger partial charge in [0.1, 0.15) is 0 Å². The van der Waals surface area contributed by atoms with Crippen LogP contribution in [0.25, 0.3) is 0 Å². The third-order valence-corrected chi connectivity index (χ3v) is 2.23. The highest BCUT2D eigenvalue weighted by Crippen LogP contribution is 2.19. The number of aliphatic hydroxyl groups is 1. The summed E-state index contributed by atoms with van der Waals surface area (Å²) in [5.74, 6) is 0.499. The van der Waals surface area contributed by atoms with E-state index in [4.69, 9.17) is 4.74 Å². The van der Waals surface area contributed by atoms with E-state index in [0.717, 1.165) is 32.5 Å². The second kappa shape index (κ2) is 3.94. The minimum atomic E-state index is -0.0936. The van der Waals surface area contributed by atoms with E-state index in [1.807, 2.05) is 6.92 Å². The van der Waals surface area contributed by atoms with Gasteiger partial charge in [-0.1, -0.05) is 6.92 Å². The fourth-order valence-corrected chi connectivity index (χ4v) is 1.43. The fraction of sp³-hybridized carbons (Fsp3) is 1.00. The Kier molecular flexibility index (Phi) is 3.16. The molecule has 1 fully saturated rings. The van der Waals surface area contributed by atoms with Crippen LogP contribution < -0.4 is 0 Å². The molecule has 10 heavy (non-hydrogen) atoms. The predicted molar refractivity (Wildman–Crippen MR) is 39.8 cm³/mol. The molecule has 1 aliphatic heterocycles. The highest BCUT2D eigenvalue weighted by Gasteiger charge is 2.19. The summed E-state index contributed by atoms with van der Waals surface area (Å²) in [6.07, 6.45) is 2.86. The topological polar surface area (TPSA) is 29.5 Å². The van der Waals surface area contributed by atoms with Gasteiger partial charge in [0.25, 0.3) is 0 Å². The van der Waals surface area contributed by atoms with Crippen molar-refractivity contribution in [3.63, 3.8) is 0 Å². The number of hydrogen-bond acceptors (Lipinski definition) is 2. The summed E-state index contributed by atoms with van der Waals surface area (Å²) in [5.41, 5.74) is 0. The highest BCUT2D eigenvalue weighted by molar-refractivity contribution is 4.70. The van der Waals surface area contributed by atoms with Crippen molar-refractivity contribution in [2.45, 2.75) is 32.3 Å². The van der Waals surface area contributed by atoms with E-state index < -0.39 is 0 Å². The maximum Gasteiger partial charge on any atom is 0.0567 e. The molecule has 0 bridgehead atoms. The Morgan fingerprint density at radius 2 is 2.10 bits per heavy atom. The lowest BCUT2D eigenvalue weighted by molar-refractivity contribution is 0.00687. The molecular formula is C8H16O2. The zero-order valence-corrected chi connectivity index (χ0v) is 6.55. The van der Waals surface area contributed by atoms with Gasteiger partial charge in [0.2, 0.25) is 0 Å². The van der Waals surface area contributed by atoms with Gasteiger partial charge in [-0.15, -0.1) is 0 Å². The summed E-state index contributed by atoms with van der Waals surface area (Å²) in [6, 6.07) is 0.